The number of benzene rings is 2. The van der Waals surface area contributed by atoms with E-state index in [0.29, 0.717) is 0 Å². The number of esters is 1. The maximum Gasteiger partial charge on any atom is 0.338 e. The van der Waals surface area contributed by atoms with E-state index < -0.39 is 40.5 Å². The number of carbonyl (C=O) groups is 2. The lowest BCUT2D eigenvalue weighted by Gasteiger charge is -2.07. The Morgan fingerprint density at radius 2 is 1.54 bits per heavy atom. The second-order valence-corrected chi connectivity index (χ2v) is 4.67. The fourth-order valence-corrected chi connectivity index (χ4v) is 1.79. The molecule has 0 saturated carbocycles. The van der Waals surface area contributed by atoms with E-state index in [0.717, 1.165) is 24.3 Å². The van der Waals surface area contributed by atoms with E-state index in [2.05, 4.69) is 0 Å². The molecule has 2 aromatic carbocycles. The molecule has 0 heterocycles. The van der Waals surface area contributed by atoms with Crippen LogP contribution in [0.4, 0.5) is 5.69 Å². The van der Waals surface area contributed by atoms with Gasteiger partial charge in [-0.2, -0.15) is 0 Å². The van der Waals surface area contributed by atoms with Crippen LogP contribution in [0, 0.1) is 10.1 Å². The standard InChI is InChI=1S/C15H11NO8/c17-11-5-9(6-12(18)14(11)20)15(21)24-7-13(19)8-1-3-10(4-2-8)16(22)23/h1-6,17-18,20H,7H2. The van der Waals surface area contributed by atoms with Gasteiger partial charge in [0, 0.05) is 17.7 Å². The number of ether oxygens (including phenoxy) is 1. The van der Waals surface area contributed by atoms with Crippen LogP contribution in [0.2, 0.25) is 0 Å². The van der Waals surface area contributed by atoms with E-state index in [1.54, 1.807) is 0 Å². The Balaban J connectivity index is 2.03. The molecule has 0 atom stereocenters. The molecule has 0 bridgehead atoms. The fourth-order valence-electron chi connectivity index (χ4n) is 1.79. The average molecular weight is 333 g/mol. The monoisotopic (exact) mass is 333 g/mol. The first-order valence-corrected chi connectivity index (χ1v) is 6.49. The van der Waals surface area contributed by atoms with Gasteiger partial charge in [-0.3, -0.25) is 14.9 Å². The molecule has 9 heteroatoms. The van der Waals surface area contributed by atoms with Crippen molar-refractivity contribution in [1.29, 1.82) is 0 Å². The van der Waals surface area contributed by atoms with Crippen molar-refractivity contribution < 1.29 is 34.6 Å². The first kappa shape index (κ1) is 16.7. The lowest BCUT2D eigenvalue weighted by Crippen LogP contribution is -2.14. The smallest absolute Gasteiger partial charge is 0.338 e. The van der Waals surface area contributed by atoms with Crippen molar-refractivity contribution in [2.24, 2.45) is 0 Å². The number of hydrogen-bond donors (Lipinski definition) is 3. The normalized spacial score (nSPS) is 10.2. The highest BCUT2D eigenvalue weighted by Crippen LogP contribution is 2.35. The average Bonchev–Trinajstić information content (AvgIpc) is 2.56. The van der Waals surface area contributed by atoms with Crippen molar-refractivity contribution in [3.63, 3.8) is 0 Å². The number of phenolic OH excluding ortho intramolecular Hbond substituents is 3. The van der Waals surface area contributed by atoms with Crippen LogP contribution in [0.15, 0.2) is 36.4 Å². The molecule has 0 fully saturated rings. The Labute approximate surface area is 134 Å². The molecule has 0 unspecified atom stereocenters. The molecule has 124 valence electrons. The van der Waals surface area contributed by atoms with Crippen LogP contribution in [0.5, 0.6) is 17.2 Å². The number of rotatable bonds is 5. The summed E-state index contributed by atoms with van der Waals surface area (Å²) in [7, 11) is 0. The van der Waals surface area contributed by atoms with E-state index >= 15 is 0 Å². The number of phenols is 3. The molecule has 0 saturated heterocycles. The van der Waals surface area contributed by atoms with Crippen molar-refractivity contribution in [2.45, 2.75) is 0 Å². The maximum absolute atomic E-state index is 11.9. The summed E-state index contributed by atoms with van der Waals surface area (Å²) in [5, 5.41) is 38.3. The molecule has 0 aliphatic carbocycles. The Morgan fingerprint density at radius 1 is 1.00 bits per heavy atom. The first-order chi connectivity index (χ1) is 11.3. The Morgan fingerprint density at radius 3 is 2.04 bits per heavy atom. The van der Waals surface area contributed by atoms with Gasteiger partial charge in [-0.15, -0.1) is 0 Å². The highest BCUT2D eigenvalue weighted by molar-refractivity contribution is 5.99. The van der Waals surface area contributed by atoms with Crippen LogP contribution in [-0.2, 0) is 4.74 Å². The molecular formula is C15H11NO8. The molecule has 3 N–H and O–H groups in total. The summed E-state index contributed by atoms with van der Waals surface area (Å²) in [6.07, 6.45) is 0. The van der Waals surface area contributed by atoms with Gasteiger partial charge in [-0.05, 0) is 24.3 Å². The quantitative estimate of drug-likeness (QED) is 0.246. The lowest BCUT2D eigenvalue weighted by atomic mass is 10.1. The summed E-state index contributed by atoms with van der Waals surface area (Å²) in [5.74, 6) is -3.82. The number of nitro groups is 1. The minimum Gasteiger partial charge on any atom is -0.504 e. The summed E-state index contributed by atoms with van der Waals surface area (Å²) in [4.78, 5) is 33.5. The fraction of sp³-hybridized carbons (Fsp3) is 0.0667. The van der Waals surface area contributed by atoms with Gasteiger partial charge in [0.15, 0.2) is 29.6 Å². The van der Waals surface area contributed by atoms with Gasteiger partial charge < -0.3 is 20.1 Å². The molecular weight excluding hydrogens is 322 g/mol. The van der Waals surface area contributed by atoms with Crippen molar-refractivity contribution in [2.75, 3.05) is 6.61 Å². The molecule has 0 aliphatic rings. The second kappa shape index (κ2) is 6.65. The highest BCUT2D eigenvalue weighted by atomic mass is 16.6. The van der Waals surface area contributed by atoms with Gasteiger partial charge in [-0.1, -0.05) is 0 Å². The third-order valence-corrected chi connectivity index (χ3v) is 3.04. The van der Waals surface area contributed by atoms with Gasteiger partial charge in [0.1, 0.15) is 0 Å². The van der Waals surface area contributed by atoms with Gasteiger partial charge >= 0.3 is 5.97 Å². The number of non-ortho nitro benzene ring substituents is 1. The van der Waals surface area contributed by atoms with Crippen LogP contribution in [0.25, 0.3) is 0 Å². The third-order valence-electron chi connectivity index (χ3n) is 3.04. The Kier molecular flexibility index (Phi) is 4.64. The summed E-state index contributed by atoms with van der Waals surface area (Å²) in [6, 6.07) is 6.48. The Hall–Kier alpha value is -3.62. The summed E-state index contributed by atoms with van der Waals surface area (Å²) in [6.45, 7) is -0.640. The topological polar surface area (TPSA) is 147 Å². The van der Waals surface area contributed by atoms with Gasteiger partial charge in [0.2, 0.25) is 0 Å². The van der Waals surface area contributed by atoms with E-state index in [9.17, 15) is 35.0 Å². The number of nitro benzene ring substituents is 1. The van der Waals surface area contributed by atoms with Gasteiger partial charge in [0.05, 0.1) is 10.5 Å². The molecule has 9 nitrogen and oxygen atoms in total. The zero-order chi connectivity index (χ0) is 17.9. The second-order valence-electron chi connectivity index (χ2n) is 4.67. The van der Waals surface area contributed by atoms with E-state index in [4.69, 9.17) is 4.74 Å². The number of Topliss-reactive ketones (excluding diaryl/α,β-unsaturated/α-hetero) is 1. The predicted molar refractivity (Wildman–Crippen MR) is 79.1 cm³/mol. The largest absolute Gasteiger partial charge is 0.504 e. The zero-order valence-corrected chi connectivity index (χ0v) is 12.0. The van der Waals surface area contributed by atoms with Crippen LogP contribution in [0.1, 0.15) is 20.7 Å². The van der Waals surface area contributed by atoms with E-state index in [1.807, 2.05) is 0 Å². The van der Waals surface area contributed by atoms with Gasteiger partial charge in [-0.25, -0.2) is 4.79 Å². The van der Waals surface area contributed by atoms with E-state index in [1.165, 1.54) is 12.1 Å². The van der Waals surface area contributed by atoms with Gasteiger partial charge in [0.25, 0.3) is 5.69 Å². The first-order valence-electron chi connectivity index (χ1n) is 6.49. The van der Waals surface area contributed by atoms with Crippen molar-refractivity contribution in [1.82, 2.24) is 0 Å². The summed E-state index contributed by atoms with van der Waals surface area (Å²) in [5.41, 5.74) is -0.331. The number of ketones is 1. The molecule has 0 radical (unpaired) electrons. The molecule has 0 aromatic heterocycles. The highest BCUT2D eigenvalue weighted by Gasteiger charge is 2.17. The molecule has 2 aromatic rings. The van der Waals surface area contributed by atoms with E-state index in [-0.39, 0.29) is 16.8 Å². The molecule has 0 spiro atoms. The number of nitrogens with zero attached hydrogens (tertiary/aromatic N) is 1. The number of carbonyl (C=O) groups excluding carboxylic acids is 2. The van der Waals surface area contributed by atoms with Crippen LogP contribution >= 0.6 is 0 Å². The summed E-state index contributed by atoms with van der Waals surface area (Å²) < 4.78 is 4.75. The Bertz CT molecular complexity index is 790. The third kappa shape index (κ3) is 3.58. The SMILES string of the molecule is O=C(COC(=O)c1cc(O)c(O)c(O)c1)c1ccc([N+](=O)[O-])cc1. The van der Waals surface area contributed by atoms with Crippen LogP contribution in [0.3, 0.4) is 0 Å². The molecule has 0 aliphatic heterocycles. The minimum absolute atomic E-state index is 0.116. The summed E-state index contributed by atoms with van der Waals surface area (Å²) >= 11 is 0. The molecule has 2 rings (SSSR count). The van der Waals surface area contributed by atoms with Crippen molar-refractivity contribution >= 4 is 17.4 Å². The minimum atomic E-state index is -1.00. The van der Waals surface area contributed by atoms with Crippen LogP contribution in [-0.4, -0.2) is 38.6 Å². The zero-order valence-electron chi connectivity index (χ0n) is 12.0. The predicted octanol–water partition coefficient (Wildman–Crippen LogP) is 1.75. The molecule has 24 heavy (non-hydrogen) atoms. The number of hydrogen-bond acceptors (Lipinski definition) is 8. The van der Waals surface area contributed by atoms with Crippen molar-refractivity contribution in [3.05, 3.63) is 57.6 Å². The lowest BCUT2D eigenvalue weighted by molar-refractivity contribution is -0.384. The van der Waals surface area contributed by atoms with Crippen LogP contribution < -0.4 is 0 Å². The maximum atomic E-state index is 11.9. The number of aromatic hydroxyl groups is 3. The van der Waals surface area contributed by atoms with Crippen molar-refractivity contribution in [3.8, 4) is 17.2 Å². The molecule has 0 amide bonds.